The molecule has 1 atom stereocenters. The Kier molecular flexibility index (Phi) is 7.21. The van der Waals surface area contributed by atoms with Crippen LogP contribution in [-0.4, -0.2) is 53.5 Å². The smallest absolute Gasteiger partial charge is 0.419 e. The highest BCUT2D eigenvalue weighted by atomic mass is 19.4. The van der Waals surface area contributed by atoms with Crippen LogP contribution < -0.4 is 10.2 Å². The van der Waals surface area contributed by atoms with Crippen LogP contribution in [0.15, 0.2) is 48.5 Å². The molecule has 12 heteroatoms. The lowest BCUT2D eigenvalue weighted by Gasteiger charge is -2.40. The van der Waals surface area contributed by atoms with Gasteiger partial charge in [-0.3, -0.25) is 14.5 Å². The summed E-state index contributed by atoms with van der Waals surface area (Å²) in [7, 11) is 1.30. The maximum atomic E-state index is 14.8. The van der Waals surface area contributed by atoms with Crippen molar-refractivity contribution >= 4 is 23.4 Å². The van der Waals surface area contributed by atoms with Crippen LogP contribution in [0.4, 0.5) is 29.1 Å². The summed E-state index contributed by atoms with van der Waals surface area (Å²) in [4.78, 5) is 38.8. The lowest BCUT2D eigenvalue weighted by atomic mass is 9.76. The maximum absolute atomic E-state index is 14.8. The summed E-state index contributed by atoms with van der Waals surface area (Å²) in [6.07, 6.45) is -4.44. The third-order valence-electron chi connectivity index (χ3n) is 7.37. The Bertz CT molecular complexity index is 1450. The van der Waals surface area contributed by atoms with E-state index in [1.54, 1.807) is 24.0 Å². The Morgan fingerprint density at radius 3 is 2.58 bits per heavy atom. The van der Waals surface area contributed by atoms with Gasteiger partial charge >= 0.3 is 12.1 Å². The summed E-state index contributed by atoms with van der Waals surface area (Å²) in [6.45, 7) is 2.17. The van der Waals surface area contributed by atoms with Crippen LogP contribution in [-0.2, 0) is 39.0 Å². The number of hydrogen-bond donors (Lipinski definition) is 1. The van der Waals surface area contributed by atoms with Crippen LogP contribution in [0.1, 0.15) is 34.6 Å². The van der Waals surface area contributed by atoms with Gasteiger partial charge in [0.15, 0.2) is 0 Å². The highest BCUT2D eigenvalue weighted by molar-refractivity contribution is 6.03. The number of amides is 1. The molecule has 8 nitrogen and oxygen atoms in total. The fourth-order valence-electron chi connectivity index (χ4n) is 5.45. The summed E-state index contributed by atoms with van der Waals surface area (Å²) >= 11 is 0. The number of fused-ring (bicyclic) bond motifs is 2. The Morgan fingerprint density at radius 1 is 1.12 bits per heavy atom. The molecule has 0 aliphatic carbocycles. The van der Waals surface area contributed by atoms with Crippen molar-refractivity contribution in [2.75, 3.05) is 37.0 Å². The largest absolute Gasteiger partial charge is 0.468 e. The van der Waals surface area contributed by atoms with Gasteiger partial charge in [-0.15, -0.1) is 0 Å². The number of methoxy groups -OCH3 is 1. The standard InChI is InChI=1S/C28H27F4N5O3/c1-17-34-24-20(25(35-17)33-13-18-7-6-10-21(23(18)29)28(30,31)32)14-37(19-8-4-3-5-9-19)26(39)27(24)11-12-36(16-27)15-22(38)40-2/h3-10H,11-16H2,1-2H3,(H,33,34,35). The molecule has 1 amide bonds. The fraction of sp³-hybridized carbons (Fsp3) is 0.357. The predicted octanol–water partition coefficient (Wildman–Crippen LogP) is 4.22. The minimum absolute atomic E-state index is 0.0101. The van der Waals surface area contributed by atoms with Gasteiger partial charge in [-0.1, -0.05) is 30.3 Å². The first-order chi connectivity index (χ1) is 19.0. The van der Waals surface area contributed by atoms with Crippen LogP contribution in [0.3, 0.4) is 0 Å². The number of ether oxygens (including phenoxy) is 1. The van der Waals surface area contributed by atoms with Gasteiger partial charge in [0.25, 0.3) is 0 Å². The van der Waals surface area contributed by atoms with E-state index < -0.39 is 28.9 Å². The first-order valence-electron chi connectivity index (χ1n) is 12.7. The Morgan fingerprint density at radius 2 is 1.88 bits per heavy atom. The number of para-hydroxylation sites is 1. The molecule has 1 N–H and O–H groups in total. The molecule has 2 aromatic carbocycles. The topological polar surface area (TPSA) is 87.7 Å². The van der Waals surface area contributed by atoms with Crippen molar-refractivity contribution in [3.63, 3.8) is 0 Å². The van der Waals surface area contributed by atoms with Gasteiger partial charge in [-0.25, -0.2) is 14.4 Å². The zero-order chi connectivity index (χ0) is 28.7. The van der Waals surface area contributed by atoms with Crippen LogP contribution >= 0.6 is 0 Å². The molecule has 1 spiro atoms. The number of benzene rings is 2. The quantitative estimate of drug-likeness (QED) is 0.359. The van der Waals surface area contributed by atoms with Crippen molar-refractivity contribution in [3.8, 4) is 0 Å². The van der Waals surface area contributed by atoms with Gasteiger partial charge in [0, 0.05) is 36.4 Å². The average Bonchev–Trinajstić information content (AvgIpc) is 3.34. The third kappa shape index (κ3) is 4.99. The third-order valence-corrected chi connectivity index (χ3v) is 7.37. The number of carbonyl (C=O) groups excluding carboxylic acids is 2. The number of likely N-dealkylation sites (tertiary alicyclic amines) is 1. The molecule has 1 aromatic heterocycles. The van der Waals surface area contributed by atoms with Crippen LogP contribution in [0, 0.1) is 12.7 Å². The lowest BCUT2D eigenvalue weighted by Crippen LogP contribution is -2.53. The second kappa shape index (κ2) is 10.5. The van der Waals surface area contributed by atoms with E-state index >= 15 is 0 Å². The first kappa shape index (κ1) is 27.5. The molecule has 210 valence electrons. The van der Waals surface area contributed by atoms with Crippen molar-refractivity contribution in [2.45, 2.75) is 38.0 Å². The van der Waals surface area contributed by atoms with E-state index in [-0.39, 0.29) is 37.6 Å². The normalized spacial score (nSPS) is 19.1. The number of anilines is 2. The van der Waals surface area contributed by atoms with Crippen LogP contribution in [0.5, 0.6) is 0 Å². The van der Waals surface area contributed by atoms with E-state index in [0.717, 1.165) is 6.07 Å². The summed E-state index contributed by atoms with van der Waals surface area (Å²) in [5.74, 6) is -1.30. The summed E-state index contributed by atoms with van der Waals surface area (Å²) < 4.78 is 59.4. The summed E-state index contributed by atoms with van der Waals surface area (Å²) in [5.41, 5.74) is -0.879. The van der Waals surface area contributed by atoms with Crippen molar-refractivity contribution in [2.24, 2.45) is 0 Å². The number of aryl methyl sites for hydroxylation is 1. The molecule has 3 heterocycles. The zero-order valence-corrected chi connectivity index (χ0v) is 21.9. The second-order valence-electron chi connectivity index (χ2n) is 9.92. The monoisotopic (exact) mass is 557 g/mol. The minimum Gasteiger partial charge on any atom is -0.468 e. The van der Waals surface area contributed by atoms with Gasteiger partial charge in [0.05, 0.1) is 31.5 Å². The van der Waals surface area contributed by atoms with Crippen LogP contribution in [0.25, 0.3) is 0 Å². The van der Waals surface area contributed by atoms with E-state index in [4.69, 9.17) is 4.74 Å². The number of aromatic nitrogens is 2. The minimum atomic E-state index is -4.83. The van der Waals surface area contributed by atoms with Crippen molar-refractivity contribution in [3.05, 3.63) is 82.6 Å². The van der Waals surface area contributed by atoms with E-state index in [0.29, 0.717) is 47.6 Å². The molecule has 3 aromatic rings. The number of esters is 1. The number of alkyl halides is 3. The molecule has 0 radical (unpaired) electrons. The van der Waals surface area contributed by atoms with Crippen molar-refractivity contribution in [1.82, 2.24) is 14.9 Å². The maximum Gasteiger partial charge on any atom is 0.419 e. The lowest BCUT2D eigenvalue weighted by molar-refractivity contribution is -0.142. The summed E-state index contributed by atoms with van der Waals surface area (Å²) in [6, 6.07) is 12.2. The number of nitrogens with zero attached hydrogens (tertiary/aromatic N) is 4. The molecule has 0 saturated carbocycles. The molecule has 40 heavy (non-hydrogen) atoms. The molecule has 1 unspecified atom stereocenters. The van der Waals surface area contributed by atoms with Gasteiger partial charge in [-0.05, 0) is 31.5 Å². The molecule has 2 aliphatic rings. The Hall–Kier alpha value is -4.06. The highest BCUT2D eigenvalue weighted by Gasteiger charge is 2.54. The number of carbonyl (C=O) groups is 2. The molecule has 0 bridgehead atoms. The SMILES string of the molecule is COC(=O)CN1CCC2(C1)C(=O)N(c1ccccc1)Cc1c(NCc3cccc(C(F)(F)F)c3F)nc(C)nc12. The number of halogens is 4. The van der Waals surface area contributed by atoms with Gasteiger partial charge in [0.1, 0.15) is 22.9 Å². The summed E-state index contributed by atoms with van der Waals surface area (Å²) in [5, 5.41) is 3.01. The predicted molar refractivity (Wildman–Crippen MR) is 138 cm³/mol. The van der Waals surface area contributed by atoms with Gasteiger partial charge in [0.2, 0.25) is 5.91 Å². The number of nitrogens with one attached hydrogen (secondary N) is 1. The van der Waals surface area contributed by atoms with Crippen molar-refractivity contribution < 1.29 is 31.9 Å². The number of hydrogen-bond acceptors (Lipinski definition) is 7. The second-order valence-corrected chi connectivity index (χ2v) is 9.92. The van der Waals surface area contributed by atoms with E-state index in [1.165, 1.54) is 13.2 Å². The van der Waals surface area contributed by atoms with E-state index in [9.17, 15) is 27.2 Å². The molecule has 2 aliphatic heterocycles. The van der Waals surface area contributed by atoms with Gasteiger partial charge < -0.3 is 15.0 Å². The van der Waals surface area contributed by atoms with Crippen LogP contribution in [0.2, 0.25) is 0 Å². The first-order valence-corrected chi connectivity index (χ1v) is 12.7. The van der Waals surface area contributed by atoms with Gasteiger partial charge in [-0.2, -0.15) is 13.2 Å². The average molecular weight is 558 g/mol. The van der Waals surface area contributed by atoms with E-state index in [1.807, 2.05) is 23.1 Å². The fourth-order valence-corrected chi connectivity index (χ4v) is 5.45. The Labute approximate surface area is 228 Å². The molecular weight excluding hydrogens is 530 g/mol. The van der Waals surface area contributed by atoms with Crippen molar-refractivity contribution in [1.29, 1.82) is 0 Å². The molecule has 1 fully saturated rings. The molecule has 5 rings (SSSR count). The zero-order valence-electron chi connectivity index (χ0n) is 21.9. The Balaban J connectivity index is 1.56. The molecular formula is C28H27F4N5O3. The molecule has 1 saturated heterocycles. The van der Waals surface area contributed by atoms with E-state index in [2.05, 4.69) is 15.3 Å². The highest BCUT2D eigenvalue weighted by Crippen LogP contribution is 2.44. The number of rotatable bonds is 6.